The Labute approximate surface area is 545 Å². The summed E-state index contributed by atoms with van der Waals surface area (Å²) in [6, 6.07) is -0.544. The van der Waals surface area contributed by atoms with Crippen LogP contribution >= 0.6 is 0 Å². The van der Waals surface area contributed by atoms with Crippen LogP contribution in [0, 0.1) is 0 Å². The maximum Gasteiger partial charge on any atom is 0.305 e. The molecule has 0 aromatic rings. The van der Waals surface area contributed by atoms with Crippen LogP contribution in [0.1, 0.15) is 457 Å². The van der Waals surface area contributed by atoms with Crippen LogP contribution < -0.4 is 5.32 Å². The van der Waals surface area contributed by atoms with E-state index in [4.69, 9.17) is 4.74 Å². The highest BCUT2D eigenvalue weighted by atomic mass is 16.5. The second-order valence-electron chi connectivity index (χ2n) is 27.7. The predicted octanol–water partition coefficient (Wildman–Crippen LogP) is 26.4. The molecule has 0 saturated carbocycles. The van der Waals surface area contributed by atoms with Gasteiger partial charge in [-0.3, -0.25) is 9.59 Å². The van der Waals surface area contributed by atoms with Gasteiger partial charge in [0.15, 0.2) is 0 Å². The number of aliphatic hydroxyl groups is 2. The normalized spacial score (nSPS) is 12.6. The molecule has 6 nitrogen and oxygen atoms in total. The van der Waals surface area contributed by atoms with E-state index in [9.17, 15) is 19.8 Å². The van der Waals surface area contributed by atoms with Crippen molar-refractivity contribution >= 4 is 11.9 Å². The maximum atomic E-state index is 12.6. The smallest absolute Gasteiger partial charge is 0.305 e. The molecule has 0 rings (SSSR count). The van der Waals surface area contributed by atoms with E-state index in [0.29, 0.717) is 25.9 Å². The van der Waals surface area contributed by atoms with Crippen molar-refractivity contribution in [2.75, 3.05) is 13.2 Å². The number of carbonyl (C=O) groups is 2. The maximum absolute atomic E-state index is 12.6. The molecule has 0 aliphatic heterocycles. The highest BCUT2D eigenvalue weighted by molar-refractivity contribution is 5.76. The third-order valence-corrected chi connectivity index (χ3v) is 19.0. The van der Waals surface area contributed by atoms with E-state index in [1.54, 1.807) is 0 Å². The van der Waals surface area contributed by atoms with Crippen molar-refractivity contribution in [2.45, 2.75) is 469 Å². The quantitative estimate of drug-likeness (QED) is 0.0320. The Balaban J connectivity index is 3.37. The summed E-state index contributed by atoms with van der Waals surface area (Å²) in [5.74, 6) is -0.0141. The molecule has 0 fully saturated rings. The van der Waals surface area contributed by atoms with E-state index >= 15 is 0 Å². The Morgan fingerprint density at radius 1 is 0.310 bits per heavy atom. The second-order valence-corrected chi connectivity index (χ2v) is 27.7. The summed E-state index contributed by atoms with van der Waals surface area (Å²) in [4.78, 5) is 24.7. The van der Waals surface area contributed by atoms with Gasteiger partial charge in [-0.05, 0) is 77.0 Å². The number of aliphatic hydroxyl groups excluding tert-OH is 2. The molecule has 1 amide bonds. The number of ether oxygens (including phenoxy) is 1. The third-order valence-electron chi connectivity index (χ3n) is 19.0. The molecular formula is C81H157NO5. The van der Waals surface area contributed by atoms with Gasteiger partial charge in [0.05, 0.1) is 25.4 Å². The molecule has 0 aromatic heterocycles. The molecular weight excluding hydrogens is 1070 g/mol. The number of unbranched alkanes of at least 4 members (excludes halogenated alkanes) is 61. The number of amides is 1. The van der Waals surface area contributed by atoms with Gasteiger partial charge < -0.3 is 20.3 Å². The van der Waals surface area contributed by atoms with Crippen LogP contribution in [0.2, 0.25) is 0 Å². The van der Waals surface area contributed by atoms with Gasteiger partial charge in [0.2, 0.25) is 5.91 Å². The van der Waals surface area contributed by atoms with Crippen LogP contribution in [-0.4, -0.2) is 47.4 Å². The van der Waals surface area contributed by atoms with E-state index < -0.39 is 12.1 Å². The van der Waals surface area contributed by atoms with Gasteiger partial charge in [0.1, 0.15) is 0 Å². The molecule has 87 heavy (non-hydrogen) atoms. The van der Waals surface area contributed by atoms with Crippen LogP contribution in [0.3, 0.4) is 0 Å². The van der Waals surface area contributed by atoms with E-state index in [0.717, 1.165) is 38.5 Å². The zero-order valence-electron chi connectivity index (χ0n) is 59.3. The molecule has 6 heteroatoms. The minimum absolute atomic E-state index is 0.0160. The molecule has 0 aromatic carbocycles. The summed E-state index contributed by atoms with van der Waals surface area (Å²) in [5, 5.41) is 23.5. The number of hydrogen-bond acceptors (Lipinski definition) is 5. The van der Waals surface area contributed by atoms with Crippen molar-refractivity contribution in [3.8, 4) is 0 Å². The highest BCUT2D eigenvalue weighted by Gasteiger charge is 2.20. The Kier molecular flexibility index (Phi) is 75.3. The van der Waals surface area contributed by atoms with Crippen molar-refractivity contribution < 1.29 is 24.5 Å². The van der Waals surface area contributed by atoms with Crippen LogP contribution in [0.5, 0.6) is 0 Å². The summed E-state index contributed by atoms with van der Waals surface area (Å²) >= 11 is 0. The molecule has 516 valence electrons. The minimum Gasteiger partial charge on any atom is -0.466 e. The van der Waals surface area contributed by atoms with Gasteiger partial charge in [-0.2, -0.15) is 0 Å². The zero-order chi connectivity index (χ0) is 62.8. The Morgan fingerprint density at radius 2 is 0.540 bits per heavy atom. The van der Waals surface area contributed by atoms with Crippen molar-refractivity contribution in [3.05, 3.63) is 24.3 Å². The number of nitrogens with one attached hydrogen (secondary N) is 1. The molecule has 0 aliphatic rings. The van der Waals surface area contributed by atoms with E-state index in [1.165, 1.54) is 385 Å². The van der Waals surface area contributed by atoms with Crippen molar-refractivity contribution in [1.82, 2.24) is 5.32 Å². The number of carbonyl (C=O) groups excluding carboxylic acids is 2. The van der Waals surface area contributed by atoms with Gasteiger partial charge in [0, 0.05) is 12.8 Å². The first-order valence-electron chi connectivity index (χ1n) is 40.1. The van der Waals surface area contributed by atoms with Gasteiger partial charge in [-0.15, -0.1) is 0 Å². The predicted molar refractivity (Wildman–Crippen MR) is 384 cm³/mol. The van der Waals surface area contributed by atoms with E-state index in [1.807, 2.05) is 0 Å². The summed E-state index contributed by atoms with van der Waals surface area (Å²) in [5.41, 5.74) is 0. The third kappa shape index (κ3) is 73.3. The largest absolute Gasteiger partial charge is 0.466 e. The van der Waals surface area contributed by atoms with Gasteiger partial charge >= 0.3 is 5.97 Å². The monoisotopic (exact) mass is 1220 g/mol. The first kappa shape index (κ1) is 85.3. The van der Waals surface area contributed by atoms with Gasteiger partial charge in [-0.1, -0.05) is 391 Å². The lowest BCUT2D eigenvalue weighted by molar-refractivity contribution is -0.143. The fourth-order valence-corrected chi connectivity index (χ4v) is 12.9. The molecule has 0 saturated heterocycles. The second kappa shape index (κ2) is 76.8. The van der Waals surface area contributed by atoms with Crippen LogP contribution in [0.15, 0.2) is 24.3 Å². The molecule has 0 heterocycles. The van der Waals surface area contributed by atoms with Gasteiger partial charge in [-0.25, -0.2) is 0 Å². The number of hydrogen-bond donors (Lipinski definition) is 3. The van der Waals surface area contributed by atoms with Crippen LogP contribution in [-0.2, 0) is 14.3 Å². The van der Waals surface area contributed by atoms with E-state index in [2.05, 4.69) is 43.5 Å². The fourth-order valence-electron chi connectivity index (χ4n) is 12.9. The number of esters is 1. The highest BCUT2D eigenvalue weighted by Crippen LogP contribution is 2.20. The SMILES string of the molecule is CCCCCCCC/C=C\CCCCCCCCCCCC(=O)OCCCCCCCCCCCCCC/C=C\CCCCCCCCCCCCCC(=O)NC(CO)C(O)CCCCCCCCCCCCCCCCCCCCCCCCCC. The topological polar surface area (TPSA) is 95.9 Å². The number of allylic oxidation sites excluding steroid dienone is 4. The molecule has 2 atom stereocenters. The van der Waals surface area contributed by atoms with Crippen molar-refractivity contribution in [2.24, 2.45) is 0 Å². The lowest BCUT2D eigenvalue weighted by Crippen LogP contribution is -2.45. The zero-order valence-corrected chi connectivity index (χ0v) is 59.3. The molecule has 3 N–H and O–H groups in total. The molecule has 0 bridgehead atoms. The lowest BCUT2D eigenvalue weighted by atomic mass is 10.0. The van der Waals surface area contributed by atoms with Crippen LogP contribution in [0.4, 0.5) is 0 Å². The summed E-state index contributed by atoms with van der Waals surface area (Å²) < 4.78 is 5.51. The molecule has 0 radical (unpaired) electrons. The first-order valence-corrected chi connectivity index (χ1v) is 40.1. The summed E-state index contributed by atoms with van der Waals surface area (Å²) in [7, 11) is 0. The lowest BCUT2D eigenvalue weighted by Gasteiger charge is -2.22. The minimum atomic E-state index is -0.666. The molecule has 2 unspecified atom stereocenters. The first-order chi connectivity index (χ1) is 43.0. The Morgan fingerprint density at radius 3 is 0.816 bits per heavy atom. The fraction of sp³-hybridized carbons (Fsp3) is 0.926. The van der Waals surface area contributed by atoms with E-state index in [-0.39, 0.29) is 18.5 Å². The van der Waals surface area contributed by atoms with Crippen LogP contribution in [0.25, 0.3) is 0 Å². The summed E-state index contributed by atoms with van der Waals surface area (Å²) in [6.07, 6.45) is 98.4. The van der Waals surface area contributed by atoms with Crippen molar-refractivity contribution in [3.63, 3.8) is 0 Å². The Bertz CT molecular complexity index is 1360. The Hall–Kier alpha value is -1.66. The average molecular weight is 1230 g/mol. The molecule has 0 aliphatic carbocycles. The molecule has 0 spiro atoms. The standard InChI is InChI=1S/C81H157NO5/c1-3-5-7-9-11-13-15-17-19-21-23-24-25-31-34-38-41-45-49-53-57-61-65-69-73-79(84)78(77-83)82-80(85)74-70-66-62-58-54-50-46-42-39-35-32-29-27-26-28-30-33-36-40-44-48-52-56-60-64-68-72-76-87-81(86)75-71-67-63-59-55-51-47-43-37-22-20-18-16-14-12-10-8-6-4-2/h18,20,26-27,78-79,83-84H,3-17,19,21-25,28-77H2,1-2H3,(H,82,85)/b20-18-,27-26-. The van der Waals surface area contributed by atoms with Crippen molar-refractivity contribution in [1.29, 1.82) is 0 Å². The average Bonchev–Trinajstić information content (AvgIpc) is 3.58. The van der Waals surface area contributed by atoms with Gasteiger partial charge in [0.25, 0.3) is 0 Å². The number of rotatable bonds is 76. The summed E-state index contributed by atoms with van der Waals surface area (Å²) in [6.45, 7) is 5.00.